The summed E-state index contributed by atoms with van der Waals surface area (Å²) < 4.78 is 2.48. The molecular formula is C16H13BrN4O3. The van der Waals surface area contributed by atoms with E-state index in [1.54, 1.807) is 29.1 Å². The van der Waals surface area contributed by atoms with Gasteiger partial charge in [-0.15, -0.1) is 0 Å². The van der Waals surface area contributed by atoms with Crippen LogP contribution >= 0.6 is 15.9 Å². The number of oxime groups is 1. The second kappa shape index (κ2) is 5.27. The van der Waals surface area contributed by atoms with Crippen molar-refractivity contribution in [3.63, 3.8) is 0 Å². The van der Waals surface area contributed by atoms with Gasteiger partial charge in [-0.3, -0.25) is 14.3 Å². The molecule has 7 nitrogen and oxygen atoms in total. The summed E-state index contributed by atoms with van der Waals surface area (Å²) in [6.45, 7) is 1.88. The Balaban J connectivity index is 1.74. The van der Waals surface area contributed by atoms with E-state index in [-0.39, 0.29) is 5.91 Å². The number of carbonyl (C=O) groups is 2. The Labute approximate surface area is 146 Å². The van der Waals surface area contributed by atoms with E-state index in [1.807, 2.05) is 20.0 Å². The van der Waals surface area contributed by atoms with E-state index in [9.17, 15) is 9.59 Å². The molecule has 3 heterocycles. The molecule has 0 spiro atoms. The maximum atomic E-state index is 12.9. The molecule has 2 atom stereocenters. The van der Waals surface area contributed by atoms with Crippen molar-refractivity contribution in [3.8, 4) is 0 Å². The van der Waals surface area contributed by atoms with Crippen molar-refractivity contribution in [2.75, 3.05) is 4.90 Å². The number of hydrogen-bond acceptors (Lipinski definition) is 5. The van der Waals surface area contributed by atoms with E-state index in [0.717, 1.165) is 15.7 Å². The molecule has 0 radical (unpaired) electrons. The van der Waals surface area contributed by atoms with Gasteiger partial charge in [0.05, 0.1) is 11.9 Å². The molecule has 2 aliphatic heterocycles. The normalized spacial score (nSPS) is 22.6. The minimum absolute atomic E-state index is 0.331. The fourth-order valence-electron chi connectivity index (χ4n) is 3.02. The fraction of sp³-hybridized carbons (Fsp3) is 0.250. The zero-order valence-electron chi connectivity index (χ0n) is 12.9. The molecule has 4 rings (SSSR count). The largest absolute Gasteiger partial charge is 0.381 e. The van der Waals surface area contributed by atoms with E-state index < -0.39 is 17.9 Å². The van der Waals surface area contributed by atoms with E-state index in [4.69, 9.17) is 4.84 Å². The Hall–Kier alpha value is -2.48. The van der Waals surface area contributed by atoms with Crippen LogP contribution in [0.4, 0.5) is 5.69 Å². The smallest absolute Gasteiger partial charge is 0.278 e. The topological polar surface area (TPSA) is 76.8 Å². The summed E-state index contributed by atoms with van der Waals surface area (Å²) in [6.07, 6.45) is 0.727. The summed E-state index contributed by atoms with van der Waals surface area (Å²) in [4.78, 5) is 32.0. The third-order valence-electron chi connectivity index (χ3n) is 4.39. The highest BCUT2D eigenvalue weighted by Crippen LogP contribution is 2.36. The Morgan fingerprint density at radius 2 is 2.04 bits per heavy atom. The van der Waals surface area contributed by atoms with E-state index >= 15 is 0 Å². The Bertz CT molecular complexity index is 904. The summed E-state index contributed by atoms with van der Waals surface area (Å²) in [5, 5.41) is 8.17. The molecule has 1 aromatic carbocycles. The summed E-state index contributed by atoms with van der Waals surface area (Å²) >= 11 is 3.36. The van der Waals surface area contributed by atoms with Crippen LogP contribution in [0, 0.1) is 12.8 Å². The first-order chi connectivity index (χ1) is 11.5. The molecule has 0 aliphatic carbocycles. The molecule has 2 aromatic rings. The zero-order chi connectivity index (χ0) is 17.0. The molecule has 0 N–H and O–H groups in total. The number of halogens is 1. The van der Waals surface area contributed by atoms with Crippen LogP contribution < -0.4 is 4.90 Å². The van der Waals surface area contributed by atoms with Gasteiger partial charge in [-0.1, -0.05) is 27.2 Å². The first-order valence-corrected chi connectivity index (χ1v) is 8.14. The number of benzene rings is 1. The van der Waals surface area contributed by atoms with Crippen molar-refractivity contribution in [1.82, 2.24) is 9.78 Å². The molecule has 0 saturated carbocycles. The summed E-state index contributed by atoms with van der Waals surface area (Å²) in [6, 6.07) is 7.05. The number of aromatic nitrogens is 2. The first kappa shape index (κ1) is 15.1. The molecule has 24 heavy (non-hydrogen) atoms. The van der Waals surface area contributed by atoms with Crippen LogP contribution in [0.25, 0.3) is 0 Å². The molecule has 0 unspecified atom stereocenters. The van der Waals surface area contributed by atoms with Crippen LogP contribution in [0.3, 0.4) is 0 Å². The van der Waals surface area contributed by atoms with E-state index in [1.165, 1.54) is 4.90 Å². The number of aryl methyl sites for hydroxylation is 1. The summed E-state index contributed by atoms with van der Waals surface area (Å²) in [5.41, 5.74) is 2.56. The fourth-order valence-corrected chi connectivity index (χ4v) is 3.41. The maximum Gasteiger partial charge on any atom is 0.278 e. The van der Waals surface area contributed by atoms with Crippen molar-refractivity contribution in [3.05, 3.63) is 46.2 Å². The number of imide groups is 1. The lowest BCUT2D eigenvalue weighted by Crippen LogP contribution is -2.33. The minimum atomic E-state index is -0.911. The molecular weight excluding hydrogens is 376 g/mol. The van der Waals surface area contributed by atoms with E-state index in [0.29, 0.717) is 11.4 Å². The standard InChI is InChI=1S/C16H13BrN4O3/c1-8-11(7-18-20(8)2)13-12-14(24-19-13)16(23)21(15(12)22)10-5-3-4-9(17)6-10/h3-7,12,14H,1-2H3/t12-,14-/m0/s1. The highest BCUT2D eigenvalue weighted by atomic mass is 79.9. The van der Waals surface area contributed by atoms with Gasteiger partial charge in [0.15, 0.2) is 0 Å². The predicted molar refractivity (Wildman–Crippen MR) is 89.5 cm³/mol. The van der Waals surface area contributed by atoms with Crippen LogP contribution in [0.15, 0.2) is 40.1 Å². The average molecular weight is 389 g/mol. The third kappa shape index (κ3) is 2.02. The number of carbonyl (C=O) groups excluding carboxylic acids is 2. The first-order valence-electron chi connectivity index (χ1n) is 7.35. The molecule has 2 amide bonds. The predicted octanol–water partition coefficient (Wildman–Crippen LogP) is 1.78. The third-order valence-corrected chi connectivity index (χ3v) is 4.88. The van der Waals surface area contributed by atoms with Gasteiger partial charge in [0.25, 0.3) is 5.91 Å². The lowest BCUT2D eigenvalue weighted by atomic mass is 9.94. The molecule has 0 bridgehead atoms. The van der Waals surface area contributed by atoms with Crippen molar-refractivity contribution in [1.29, 1.82) is 0 Å². The number of anilines is 1. The molecule has 1 fully saturated rings. The summed E-state index contributed by atoms with van der Waals surface area (Å²) in [7, 11) is 1.81. The van der Waals surface area contributed by atoms with Gasteiger partial charge in [0.2, 0.25) is 12.0 Å². The number of fused-ring (bicyclic) bond motifs is 1. The maximum absolute atomic E-state index is 12.9. The van der Waals surface area contributed by atoms with Crippen molar-refractivity contribution in [2.45, 2.75) is 13.0 Å². The highest BCUT2D eigenvalue weighted by Gasteiger charge is 2.56. The van der Waals surface area contributed by atoms with Gasteiger partial charge in [0, 0.05) is 22.8 Å². The SMILES string of the molecule is Cc1c(C2=NO[C@@H]3C(=O)N(c4cccc(Br)c4)C(=O)[C@@H]23)cnn1C. The molecule has 2 aliphatic rings. The highest BCUT2D eigenvalue weighted by molar-refractivity contribution is 9.10. The average Bonchev–Trinajstić information content (AvgIpc) is 3.18. The second-order valence-electron chi connectivity index (χ2n) is 5.74. The molecule has 8 heteroatoms. The molecule has 1 aromatic heterocycles. The number of amides is 2. The van der Waals surface area contributed by atoms with Crippen molar-refractivity contribution < 1.29 is 14.4 Å². The van der Waals surface area contributed by atoms with Gasteiger partial charge >= 0.3 is 0 Å². The van der Waals surface area contributed by atoms with Crippen LogP contribution in [0.2, 0.25) is 0 Å². The van der Waals surface area contributed by atoms with E-state index in [2.05, 4.69) is 26.2 Å². The molecule has 1 saturated heterocycles. The van der Waals surface area contributed by atoms with Crippen LogP contribution in [0.1, 0.15) is 11.3 Å². The number of rotatable bonds is 2. The van der Waals surface area contributed by atoms with Gasteiger partial charge < -0.3 is 4.84 Å². The van der Waals surface area contributed by atoms with Crippen molar-refractivity contribution >= 4 is 39.1 Å². The Morgan fingerprint density at radius 1 is 1.25 bits per heavy atom. The minimum Gasteiger partial charge on any atom is -0.381 e. The van der Waals surface area contributed by atoms with Gasteiger partial charge in [0.1, 0.15) is 11.6 Å². The Morgan fingerprint density at radius 3 is 2.71 bits per heavy atom. The lowest BCUT2D eigenvalue weighted by molar-refractivity contribution is -0.126. The van der Waals surface area contributed by atoms with Crippen LogP contribution in [0.5, 0.6) is 0 Å². The van der Waals surface area contributed by atoms with Crippen LogP contribution in [-0.4, -0.2) is 33.4 Å². The molecule has 122 valence electrons. The quantitative estimate of drug-likeness (QED) is 0.734. The number of nitrogens with zero attached hydrogens (tertiary/aromatic N) is 4. The second-order valence-corrected chi connectivity index (χ2v) is 6.65. The van der Waals surface area contributed by atoms with Gasteiger partial charge in [-0.25, -0.2) is 4.90 Å². The lowest BCUT2D eigenvalue weighted by Gasteiger charge is -2.15. The zero-order valence-corrected chi connectivity index (χ0v) is 14.5. The monoisotopic (exact) mass is 388 g/mol. The summed E-state index contributed by atoms with van der Waals surface area (Å²) in [5.74, 6) is -1.47. The van der Waals surface area contributed by atoms with Crippen LogP contribution in [-0.2, 0) is 21.5 Å². The number of hydrogen-bond donors (Lipinski definition) is 0. The van der Waals surface area contributed by atoms with Gasteiger partial charge in [-0.05, 0) is 25.1 Å². The Kier molecular flexibility index (Phi) is 3.31. The van der Waals surface area contributed by atoms with Crippen molar-refractivity contribution in [2.24, 2.45) is 18.1 Å². The van der Waals surface area contributed by atoms with Gasteiger partial charge in [-0.2, -0.15) is 5.10 Å².